The molecule has 0 bridgehead atoms. The second kappa shape index (κ2) is 6.55. The maximum atomic E-state index is 5.97. The number of nitrogens with one attached hydrogen (secondary N) is 1. The lowest BCUT2D eigenvalue weighted by Gasteiger charge is -2.12. The van der Waals surface area contributed by atoms with E-state index in [-0.39, 0.29) is 0 Å². The molecule has 0 fully saturated rings. The lowest BCUT2D eigenvalue weighted by Crippen LogP contribution is -2.06. The Morgan fingerprint density at radius 2 is 1.89 bits per heavy atom. The second-order valence-corrected chi connectivity index (χ2v) is 6.07. The molecular formula is C15H15Br2NO. The Bertz CT molecular complexity index is 584. The summed E-state index contributed by atoms with van der Waals surface area (Å²) < 4.78 is 8.11. The van der Waals surface area contributed by atoms with E-state index in [1.165, 1.54) is 0 Å². The number of aryl methyl sites for hydroxylation is 1. The average molecular weight is 385 g/mol. The molecule has 0 saturated carbocycles. The van der Waals surface area contributed by atoms with Crippen LogP contribution >= 0.6 is 31.9 Å². The highest BCUT2D eigenvalue weighted by molar-refractivity contribution is 9.10. The highest BCUT2D eigenvalue weighted by Gasteiger charge is 2.06. The zero-order chi connectivity index (χ0) is 13.8. The Balaban J connectivity index is 2.29. The van der Waals surface area contributed by atoms with Gasteiger partial charge in [0.05, 0.1) is 0 Å². The van der Waals surface area contributed by atoms with Gasteiger partial charge in [0.1, 0.15) is 11.5 Å². The summed E-state index contributed by atoms with van der Waals surface area (Å²) in [5, 5.41) is 3.15. The van der Waals surface area contributed by atoms with E-state index in [9.17, 15) is 0 Å². The van der Waals surface area contributed by atoms with Crippen LogP contribution in [0.1, 0.15) is 11.1 Å². The molecule has 1 N–H and O–H groups in total. The first kappa shape index (κ1) is 14.6. The van der Waals surface area contributed by atoms with Gasteiger partial charge in [-0.3, -0.25) is 0 Å². The molecule has 0 aliphatic rings. The van der Waals surface area contributed by atoms with Crippen molar-refractivity contribution in [2.24, 2.45) is 0 Å². The minimum Gasteiger partial charge on any atom is -0.457 e. The van der Waals surface area contributed by atoms with Gasteiger partial charge < -0.3 is 10.1 Å². The molecule has 0 atom stereocenters. The molecule has 0 aliphatic heterocycles. The quantitative estimate of drug-likeness (QED) is 0.797. The minimum atomic E-state index is 0.768. The minimum absolute atomic E-state index is 0.768. The zero-order valence-corrected chi connectivity index (χ0v) is 14.0. The molecule has 0 amide bonds. The summed E-state index contributed by atoms with van der Waals surface area (Å²) in [6.07, 6.45) is 0. The Morgan fingerprint density at radius 1 is 1.11 bits per heavy atom. The van der Waals surface area contributed by atoms with E-state index >= 15 is 0 Å². The Hall–Kier alpha value is -0.840. The van der Waals surface area contributed by atoms with Crippen molar-refractivity contribution < 1.29 is 4.74 Å². The Kier molecular flexibility index (Phi) is 5.02. The predicted molar refractivity (Wildman–Crippen MR) is 85.9 cm³/mol. The van der Waals surface area contributed by atoms with Crippen molar-refractivity contribution >= 4 is 31.9 Å². The SMILES string of the molecule is CNCc1cc(Br)ccc1Oc1ccc(Br)c(C)c1. The van der Waals surface area contributed by atoms with E-state index in [2.05, 4.69) is 43.2 Å². The molecular weight excluding hydrogens is 370 g/mol. The molecule has 2 nitrogen and oxygen atoms in total. The van der Waals surface area contributed by atoms with Crippen molar-refractivity contribution in [2.45, 2.75) is 13.5 Å². The van der Waals surface area contributed by atoms with Crippen molar-refractivity contribution in [3.63, 3.8) is 0 Å². The highest BCUT2D eigenvalue weighted by atomic mass is 79.9. The molecule has 0 radical (unpaired) electrons. The smallest absolute Gasteiger partial charge is 0.131 e. The van der Waals surface area contributed by atoms with Crippen LogP contribution in [0.4, 0.5) is 0 Å². The van der Waals surface area contributed by atoms with Crippen LogP contribution in [-0.4, -0.2) is 7.05 Å². The first-order valence-electron chi connectivity index (χ1n) is 5.97. The van der Waals surface area contributed by atoms with E-state index in [0.29, 0.717) is 0 Å². The largest absolute Gasteiger partial charge is 0.457 e. The number of hydrogen-bond donors (Lipinski definition) is 1. The highest BCUT2D eigenvalue weighted by Crippen LogP contribution is 2.30. The van der Waals surface area contributed by atoms with Crippen LogP contribution in [0.25, 0.3) is 0 Å². The van der Waals surface area contributed by atoms with Gasteiger partial charge in [-0.15, -0.1) is 0 Å². The number of benzene rings is 2. The monoisotopic (exact) mass is 383 g/mol. The molecule has 0 aromatic heterocycles. The normalized spacial score (nSPS) is 10.5. The number of ether oxygens (including phenoxy) is 1. The van der Waals surface area contributed by atoms with Crippen molar-refractivity contribution in [1.82, 2.24) is 5.32 Å². The molecule has 0 heterocycles. The fourth-order valence-corrected chi connectivity index (χ4v) is 2.44. The van der Waals surface area contributed by atoms with Crippen LogP contribution < -0.4 is 10.1 Å². The fourth-order valence-electron chi connectivity index (χ4n) is 1.78. The molecule has 0 spiro atoms. The van der Waals surface area contributed by atoms with Crippen LogP contribution in [-0.2, 0) is 6.54 Å². The molecule has 0 unspecified atom stereocenters. The van der Waals surface area contributed by atoms with Gasteiger partial charge in [-0.25, -0.2) is 0 Å². The van der Waals surface area contributed by atoms with Crippen LogP contribution in [0.15, 0.2) is 45.3 Å². The molecule has 0 saturated heterocycles. The summed E-state index contributed by atoms with van der Waals surface area (Å²) >= 11 is 6.98. The van der Waals surface area contributed by atoms with Gasteiger partial charge in [0.15, 0.2) is 0 Å². The Labute approximate surface area is 130 Å². The topological polar surface area (TPSA) is 21.3 Å². The maximum Gasteiger partial charge on any atom is 0.131 e. The Morgan fingerprint density at radius 3 is 2.58 bits per heavy atom. The third kappa shape index (κ3) is 3.81. The van der Waals surface area contributed by atoms with Crippen molar-refractivity contribution in [1.29, 1.82) is 0 Å². The van der Waals surface area contributed by atoms with Crippen molar-refractivity contribution in [3.05, 3.63) is 56.5 Å². The van der Waals surface area contributed by atoms with Crippen molar-refractivity contribution in [3.8, 4) is 11.5 Å². The van der Waals surface area contributed by atoms with E-state index in [1.807, 2.05) is 44.3 Å². The summed E-state index contributed by atoms with van der Waals surface area (Å²) in [5.74, 6) is 1.72. The number of hydrogen-bond acceptors (Lipinski definition) is 2. The zero-order valence-electron chi connectivity index (χ0n) is 10.8. The van der Waals surface area contributed by atoms with Gasteiger partial charge >= 0.3 is 0 Å². The lowest BCUT2D eigenvalue weighted by molar-refractivity contribution is 0.473. The van der Waals surface area contributed by atoms with Crippen LogP contribution in [0.2, 0.25) is 0 Å². The maximum absolute atomic E-state index is 5.97. The van der Waals surface area contributed by atoms with Gasteiger partial charge in [0, 0.05) is 21.1 Å². The summed E-state index contributed by atoms with van der Waals surface area (Å²) in [4.78, 5) is 0. The summed E-state index contributed by atoms with van der Waals surface area (Å²) in [5.41, 5.74) is 2.28. The average Bonchev–Trinajstić information content (AvgIpc) is 2.37. The third-order valence-corrected chi connectivity index (χ3v) is 4.13. The van der Waals surface area contributed by atoms with E-state index in [0.717, 1.165) is 38.1 Å². The standard InChI is InChI=1S/C15H15Br2NO/c1-10-7-13(4-5-14(10)17)19-15-6-3-12(16)8-11(15)9-18-2/h3-8,18H,9H2,1-2H3. The first-order valence-corrected chi connectivity index (χ1v) is 7.56. The van der Waals surface area contributed by atoms with Gasteiger partial charge in [0.25, 0.3) is 0 Å². The van der Waals surface area contributed by atoms with Crippen LogP contribution in [0.5, 0.6) is 11.5 Å². The van der Waals surface area contributed by atoms with Gasteiger partial charge in [-0.2, -0.15) is 0 Å². The molecule has 2 rings (SSSR count). The van der Waals surface area contributed by atoms with E-state index in [1.54, 1.807) is 0 Å². The van der Waals surface area contributed by atoms with Crippen LogP contribution in [0.3, 0.4) is 0 Å². The van der Waals surface area contributed by atoms with Gasteiger partial charge in [-0.05, 0) is 55.9 Å². The van der Waals surface area contributed by atoms with E-state index in [4.69, 9.17) is 4.74 Å². The third-order valence-electron chi connectivity index (χ3n) is 2.75. The molecule has 2 aromatic carbocycles. The van der Waals surface area contributed by atoms with Crippen LogP contribution in [0, 0.1) is 6.92 Å². The molecule has 4 heteroatoms. The van der Waals surface area contributed by atoms with Gasteiger partial charge in [0.2, 0.25) is 0 Å². The van der Waals surface area contributed by atoms with Crippen molar-refractivity contribution in [2.75, 3.05) is 7.05 Å². The number of halogens is 2. The molecule has 2 aromatic rings. The molecule has 0 aliphatic carbocycles. The molecule has 100 valence electrons. The molecule has 19 heavy (non-hydrogen) atoms. The summed E-state index contributed by atoms with van der Waals surface area (Å²) in [6.45, 7) is 2.82. The lowest BCUT2D eigenvalue weighted by atomic mass is 10.2. The second-order valence-electron chi connectivity index (χ2n) is 4.30. The fraction of sp³-hybridized carbons (Fsp3) is 0.200. The summed E-state index contributed by atoms with van der Waals surface area (Å²) in [7, 11) is 1.93. The van der Waals surface area contributed by atoms with E-state index < -0.39 is 0 Å². The summed E-state index contributed by atoms with van der Waals surface area (Å²) in [6, 6.07) is 12.0. The first-order chi connectivity index (χ1) is 9.10. The predicted octanol–water partition coefficient (Wildman–Crippen LogP) is 5.03. The number of rotatable bonds is 4. The van der Waals surface area contributed by atoms with Gasteiger partial charge in [-0.1, -0.05) is 31.9 Å².